The molecule has 0 unspecified atom stereocenters. The molecular weight excluding hydrogens is 147 g/mol. The molecule has 0 aromatic heterocycles. The summed E-state index contributed by atoms with van der Waals surface area (Å²) >= 11 is 0. The van der Waals surface area contributed by atoms with Crippen LogP contribution in [0.25, 0.3) is 0 Å². The van der Waals surface area contributed by atoms with Gasteiger partial charge in [0.15, 0.2) is 0 Å². The molecule has 0 saturated carbocycles. The average molecular weight is 155 g/mol. The van der Waals surface area contributed by atoms with Crippen LogP contribution in [0.15, 0.2) is 0 Å². The summed E-state index contributed by atoms with van der Waals surface area (Å²) in [7, 11) is -1.29. The number of hydrogen-bond donors (Lipinski definition) is 0. The van der Waals surface area contributed by atoms with Gasteiger partial charge in [-0.1, -0.05) is 0 Å². The summed E-state index contributed by atoms with van der Waals surface area (Å²) in [6.07, 6.45) is 1.54. The Bertz CT molecular complexity index is 140. The summed E-state index contributed by atoms with van der Waals surface area (Å²) in [5, 5.41) is 16.2. The van der Waals surface area contributed by atoms with Gasteiger partial charge in [0.1, 0.15) is 0 Å². The Morgan fingerprint density at radius 1 is 1.10 bits per heavy atom. The van der Waals surface area contributed by atoms with Crippen LogP contribution in [-0.4, -0.2) is 12.3 Å². The van der Waals surface area contributed by atoms with Gasteiger partial charge in [-0.15, -0.1) is 0 Å². The van der Waals surface area contributed by atoms with E-state index < -0.39 is 8.15 Å². The Morgan fingerprint density at radius 3 is 1.80 bits per heavy atom. The SMILES string of the molecule is N#CCCP([O])CCC#N. The first-order valence-corrected chi connectivity index (χ1v) is 4.60. The third-order valence-corrected chi connectivity index (χ3v) is 2.39. The third kappa shape index (κ3) is 5.51. The first-order chi connectivity index (χ1) is 4.81. The fraction of sp³-hybridized carbons (Fsp3) is 0.667. The summed E-state index contributed by atoms with van der Waals surface area (Å²) in [5.74, 6) is 0. The fourth-order valence-electron chi connectivity index (χ4n) is 0.461. The lowest BCUT2D eigenvalue weighted by molar-refractivity contribution is 0.495. The largest absolute Gasteiger partial charge is 0.212 e. The minimum Gasteiger partial charge on any atom is -0.212 e. The molecule has 0 spiro atoms. The zero-order valence-electron chi connectivity index (χ0n) is 5.58. The van der Waals surface area contributed by atoms with Gasteiger partial charge in [0.2, 0.25) is 0 Å². The maximum absolute atomic E-state index is 10.8. The summed E-state index contributed by atoms with van der Waals surface area (Å²) in [6, 6.07) is 3.82. The molecule has 10 heavy (non-hydrogen) atoms. The first-order valence-electron chi connectivity index (χ1n) is 2.97. The molecule has 4 heteroatoms. The van der Waals surface area contributed by atoms with Crippen LogP contribution in [0.2, 0.25) is 0 Å². The highest BCUT2D eigenvalue weighted by atomic mass is 31.1. The van der Waals surface area contributed by atoms with Crippen molar-refractivity contribution in [3.05, 3.63) is 0 Å². The van der Waals surface area contributed by atoms with Crippen LogP contribution in [0.3, 0.4) is 0 Å². The van der Waals surface area contributed by atoms with Crippen molar-refractivity contribution in [1.29, 1.82) is 10.5 Å². The molecule has 53 valence electrons. The molecule has 0 saturated heterocycles. The molecule has 3 nitrogen and oxygen atoms in total. The van der Waals surface area contributed by atoms with E-state index in [1.54, 1.807) is 0 Å². The van der Waals surface area contributed by atoms with Crippen LogP contribution in [-0.2, 0) is 4.89 Å². The van der Waals surface area contributed by atoms with Crippen LogP contribution >= 0.6 is 8.15 Å². The fourth-order valence-corrected chi connectivity index (χ4v) is 1.38. The van der Waals surface area contributed by atoms with Crippen molar-refractivity contribution >= 4 is 8.15 Å². The second-order valence-electron chi connectivity index (χ2n) is 1.75. The highest BCUT2D eigenvalue weighted by Crippen LogP contribution is 2.31. The quantitative estimate of drug-likeness (QED) is 0.579. The number of nitriles is 2. The molecule has 0 aromatic rings. The second-order valence-corrected chi connectivity index (χ2v) is 3.60. The van der Waals surface area contributed by atoms with Gasteiger partial charge in [-0.25, -0.2) is 4.89 Å². The van der Waals surface area contributed by atoms with Crippen LogP contribution < -0.4 is 0 Å². The van der Waals surface area contributed by atoms with Gasteiger partial charge >= 0.3 is 0 Å². The Balaban J connectivity index is 3.20. The van der Waals surface area contributed by atoms with E-state index in [2.05, 4.69) is 0 Å². The lowest BCUT2D eigenvalue weighted by Gasteiger charge is -1.99. The monoisotopic (exact) mass is 155 g/mol. The van der Waals surface area contributed by atoms with Crippen molar-refractivity contribution in [3.63, 3.8) is 0 Å². The van der Waals surface area contributed by atoms with E-state index in [0.717, 1.165) is 0 Å². The van der Waals surface area contributed by atoms with Gasteiger partial charge in [0.25, 0.3) is 0 Å². The molecular formula is C6H8N2OP. The predicted octanol–water partition coefficient (Wildman–Crippen LogP) is 1.64. The van der Waals surface area contributed by atoms with Crippen LogP contribution in [0, 0.1) is 22.7 Å². The number of nitrogens with zero attached hydrogens (tertiary/aromatic N) is 2. The van der Waals surface area contributed by atoms with Crippen molar-refractivity contribution in [2.24, 2.45) is 0 Å². The lowest BCUT2D eigenvalue weighted by atomic mass is 10.5. The van der Waals surface area contributed by atoms with Gasteiger partial charge in [-0.3, -0.25) is 0 Å². The topological polar surface area (TPSA) is 67.5 Å². The molecule has 0 aromatic carbocycles. The van der Waals surface area contributed by atoms with Gasteiger partial charge < -0.3 is 0 Å². The van der Waals surface area contributed by atoms with Gasteiger partial charge in [0, 0.05) is 25.2 Å². The van der Waals surface area contributed by atoms with Crippen LogP contribution in [0.4, 0.5) is 0 Å². The normalized spacial score (nSPS) is 8.80. The van der Waals surface area contributed by atoms with Gasteiger partial charge in [-0.05, 0) is 0 Å². The predicted molar refractivity (Wildman–Crippen MR) is 37.8 cm³/mol. The highest BCUT2D eigenvalue weighted by molar-refractivity contribution is 7.51. The van der Waals surface area contributed by atoms with Crippen molar-refractivity contribution in [2.45, 2.75) is 12.8 Å². The summed E-state index contributed by atoms with van der Waals surface area (Å²) in [6.45, 7) is 0. The minimum absolute atomic E-state index is 0.334. The van der Waals surface area contributed by atoms with E-state index in [1.807, 2.05) is 12.1 Å². The zero-order valence-corrected chi connectivity index (χ0v) is 6.47. The molecule has 0 atom stereocenters. The molecule has 0 amide bonds. The van der Waals surface area contributed by atoms with Crippen molar-refractivity contribution in [1.82, 2.24) is 0 Å². The summed E-state index contributed by atoms with van der Waals surface area (Å²) in [5.41, 5.74) is 0. The smallest absolute Gasteiger partial charge is 0.0732 e. The van der Waals surface area contributed by atoms with E-state index in [0.29, 0.717) is 25.2 Å². The molecule has 1 radical (unpaired) electrons. The number of rotatable bonds is 4. The number of hydrogen-bond acceptors (Lipinski definition) is 2. The third-order valence-electron chi connectivity index (χ3n) is 0.946. The first kappa shape index (κ1) is 9.37. The van der Waals surface area contributed by atoms with Gasteiger partial charge in [-0.2, -0.15) is 10.5 Å². The van der Waals surface area contributed by atoms with E-state index in [9.17, 15) is 4.89 Å². The van der Waals surface area contributed by atoms with E-state index in [1.165, 1.54) is 0 Å². The maximum Gasteiger partial charge on any atom is 0.0732 e. The standard InChI is InChI=1S/C6H8N2OP/c7-3-1-5-10(9)6-2-4-8/h1-2,5-6H2. The Morgan fingerprint density at radius 2 is 1.50 bits per heavy atom. The molecule has 0 aliphatic heterocycles. The lowest BCUT2D eigenvalue weighted by Crippen LogP contribution is -1.85. The Hall–Kier alpha value is -0.630. The molecule has 0 N–H and O–H groups in total. The molecule has 0 rings (SSSR count). The maximum atomic E-state index is 10.8. The Labute approximate surface area is 61.7 Å². The molecule has 0 heterocycles. The molecule has 0 bridgehead atoms. The van der Waals surface area contributed by atoms with E-state index >= 15 is 0 Å². The molecule has 0 aliphatic carbocycles. The minimum atomic E-state index is -1.29. The zero-order chi connectivity index (χ0) is 7.82. The second kappa shape index (κ2) is 6.49. The van der Waals surface area contributed by atoms with Crippen molar-refractivity contribution in [3.8, 4) is 12.1 Å². The highest BCUT2D eigenvalue weighted by Gasteiger charge is 2.03. The Kier molecular flexibility index (Phi) is 6.08. The average Bonchev–Trinajstić information content (AvgIpc) is 1.97. The van der Waals surface area contributed by atoms with E-state index in [-0.39, 0.29) is 0 Å². The summed E-state index contributed by atoms with van der Waals surface area (Å²) < 4.78 is 0. The van der Waals surface area contributed by atoms with Crippen LogP contribution in [0.1, 0.15) is 12.8 Å². The van der Waals surface area contributed by atoms with Crippen LogP contribution in [0.5, 0.6) is 0 Å². The van der Waals surface area contributed by atoms with E-state index in [4.69, 9.17) is 10.5 Å². The van der Waals surface area contributed by atoms with Crippen molar-refractivity contribution < 1.29 is 4.89 Å². The molecule has 0 aliphatic rings. The van der Waals surface area contributed by atoms with Gasteiger partial charge in [0.05, 0.1) is 20.3 Å². The van der Waals surface area contributed by atoms with Crippen molar-refractivity contribution in [2.75, 3.05) is 12.3 Å². The summed E-state index contributed by atoms with van der Waals surface area (Å²) in [4.78, 5) is 10.8. The molecule has 0 fully saturated rings.